The lowest BCUT2D eigenvalue weighted by Gasteiger charge is -2.34. The molecule has 2 aromatic heterocycles. The molecule has 2 atom stereocenters. The highest BCUT2D eigenvalue weighted by atomic mass is 16.5. The van der Waals surface area contributed by atoms with Crippen molar-refractivity contribution >= 4 is 5.91 Å². The normalized spacial score (nSPS) is 24.3. The van der Waals surface area contributed by atoms with E-state index >= 15 is 0 Å². The molecule has 1 amide bonds. The maximum absolute atomic E-state index is 12.9. The summed E-state index contributed by atoms with van der Waals surface area (Å²) in [6.45, 7) is 7.76. The van der Waals surface area contributed by atoms with Crippen LogP contribution >= 0.6 is 0 Å². The fourth-order valence-electron chi connectivity index (χ4n) is 3.65. The molecule has 25 heavy (non-hydrogen) atoms. The van der Waals surface area contributed by atoms with E-state index in [2.05, 4.69) is 20.3 Å². The van der Waals surface area contributed by atoms with Gasteiger partial charge in [0.15, 0.2) is 11.5 Å². The second-order valence-corrected chi connectivity index (χ2v) is 6.80. The van der Waals surface area contributed by atoms with E-state index in [1.807, 2.05) is 24.8 Å². The average Bonchev–Trinajstić information content (AvgIpc) is 3.24. The third-order valence-electron chi connectivity index (χ3n) is 4.97. The largest absolute Gasteiger partial charge is 0.369 e. The van der Waals surface area contributed by atoms with E-state index in [0.29, 0.717) is 18.8 Å². The van der Waals surface area contributed by atoms with E-state index in [4.69, 9.17) is 9.26 Å². The van der Waals surface area contributed by atoms with Gasteiger partial charge in [-0.05, 0) is 13.8 Å². The number of fused-ring (bicyclic) bond motifs is 1. The fraction of sp³-hybridized carbons (Fsp3) is 0.588. The van der Waals surface area contributed by atoms with Gasteiger partial charge in [-0.2, -0.15) is 5.10 Å². The van der Waals surface area contributed by atoms with E-state index in [-0.39, 0.29) is 18.1 Å². The van der Waals surface area contributed by atoms with E-state index in [9.17, 15) is 4.79 Å². The number of nitrogens with zero attached hydrogens (tertiary/aromatic N) is 4. The summed E-state index contributed by atoms with van der Waals surface area (Å²) in [6.07, 6.45) is 2.43. The number of hydrogen-bond acceptors (Lipinski definition) is 6. The lowest BCUT2D eigenvalue weighted by atomic mass is 9.99. The van der Waals surface area contributed by atoms with E-state index in [1.165, 1.54) is 0 Å². The number of hydrogen-bond donors (Lipinski definition) is 1. The van der Waals surface area contributed by atoms with Crippen molar-refractivity contribution in [2.75, 3.05) is 26.2 Å². The Labute approximate surface area is 146 Å². The Balaban J connectivity index is 1.41. The number of nitrogens with one attached hydrogen (secondary N) is 1. The number of amides is 1. The average molecular weight is 345 g/mol. The summed E-state index contributed by atoms with van der Waals surface area (Å²) in [6, 6.07) is 1.87. The highest BCUT2D eigenvalue weighted by Gasteiger charge is 2.32. The van der Waals surface area contributed by atoms with Crippen LogP contribution in [0.1, 0.15) is 47.5 Å². The van der Waals surface area contributed by atoms with Crippen molar-refractivity contribution in [2.45, 2.75) is 39.0 Å². The summed E-state index contributed by atoms with van der Waals surface area (Å²) < 4.78 is 11.0. The van der Waals surface area contributed by atoms with Crippen LogP contribution in [0.3, 0.4) is 0 Å². The third-order valence-corrected chi connectivity index (χ3v) is 4.97. The Morgan fingerprint density at radius 1 is 1.32 bits per heavy atom. The molecule has 0 unspecified atom stereocenters. The highest BCUT2D eigenvalue weighted by Crippen LogP contribution is 2.30. The van der Waals surface area contributed by atoms with Gasteiger partial charge in [-0.25, -0.2) is 0 Å². The monoisotopic (exact) mass is 345 g/mol. The van der Waals surface area contributed by atoms with Crippen LogP contribution in [0.15, 0.2) is 16.8 Å². The lowest BCUT2D eigenvalue weighted by Crippen LogP contribution is -2.48. The number of H-pyrrole nitrogens is 1. The lowest BCUT2D eigenvalue weighted by molar-refractivity contribution is -0.00704. The Morgan fingerprint density at radius 2 is 2.12 bits per heavy atom. The van der Waals surface area contributed by atoms with Gasteiger partial charge in [-0.3, -0.25) is 14.8 Å². The fourth-order valence-corrected chi connectivity index (χ4v) is 3.65. The van der Waals surface area contributed by atoms with Crippen LogP contribution in [-0.2, 0) is 17.7 Å². The second kappa shape index (κ2) is 6.61. The second-order valence-electron chi connectivity index (χ2n) is 6.80. The first-order valence-corrected chi connectivity index (χ1v) is 8.75. The van der Waals surface area contributed by atoms with Gasteiger partial charge in [0.25, 0.3) is 5.91 Å². The topological polar surface area (TPSA) is 87.5 Å². The van der Waals surface area contributed by atoms with Crippen molar-refractivity contribution in [3.63, 3.8) is 0 Å². The molecule has 2 aliphatic rings. The zero-order chi connectivity index (χ0) is 17.4. The highest BCUT2D eigenvalue weighted by molar-refractivity contribution is 5.94. The first-order chi connectivity index (χ1) is 12.1. The van der Waals surface area contributed by atoms with E-state index in [1.54, 1.807) is 6.20 Å². The summed E-state index contributed by atoms with van der Waals surface area (Å²) in [7, 11) is 0. The molecule has 0 spiro atoms. The maximum Gasteiger partial charge on any atom is 0.274 e. The minimum Gasteiger partial charge on any atom is -0.369 e. The van der Waals surface area contributed by atoms with Crippen LogP contribution in [0.2, 0.25) is 0 Å². The number of piperazine rings is 1. The van der Waals surface area contributed by atoms with Gasteiger partial charge >= 0.3 is 0 Å². The first kappa shape index (κ1) is 16.3. The van der Waals surface area contributed by atoms with Gasteiger partial charge in [0, 0.05) is 44.2 Å². The standard InChI is InChI=1S/C17H23N5O3/c1-11-9-14-15(12(2)24-11)19-20-16(14)17(23)22-7-5-21(6-8-22)10-13-3-4-18-25-13/h3-4,11-12H,5-10H2,1-2H3,(H,19,20)/t11-,12+/m1/s1. The number of carbonyl (C=O) groups is 1. The molecule has 0 bridgehead atoms. The summed E-state index contributed by atoms with van der Waals surface area (Å²) >= 11 is 0. The first-order valence-electron chi connectivity index (χ1n) is 8.75. The maximum atomic E-state index is 12.9. The number of ether oxygens (including phenoxy) is 1. The molecule has 0 aliphatic carbocycles. The molecule has 8 heteroatoms. The van der Waals surface area contributed by atoms with Gasteiger partial charge in [0.05, 0.1) is 30.6 Å². The minimum absolute atomic E-state index is 0.0121. The van der Waals surface area contributed by atoms with E-state index in [0.717, 1.165) is 43.1 Å². The molecule has 0 radical (unpaired) electrons. The number of rotatable bonds is 3. The van der Waals surface area contributed by atoms with Crippen molar-refractivity contribution < 1.29 is 14.1 Å². The Morgan fingerprint density at radius 3 is 2.84 bits per heavy atom. The molecule has 0 saturated carbocycles. The van der Waals surface area contributed by atoms with Gasteiger partial charge in [0.1, 0.15) is 0 Å². The van der Waals surface area contributed by atoms with Gasteiger partial charge < -0.3 is 14.2 Å². The molecule has 1 saturated heterocycles. The zero-order valence-corrected chi connectivity index (χ0v) is 14.6. The minimum atomic E-state index is -0.0495. The summed E-state index contributed by atoms with van der Waals surface area (Å²) in [5.41, 5.74) is 2.51. The summed E-state index contributed by atoms with van der Waals surface area (Å²) in [4.78, 5) is 17.1. The Bertz CT molecular complexity index is 734. The van der Waals surface area contributed by atoms with Crippen molar-refractivity contribution in [1.82, 2.24) is 25.2 Å². The SMILES string of the molecule is C[C@@H]1Cc2c(C(=O)N3CCN(Cc4ccno4)CC3)n[nH]c2[C@H](C)O1. The molecule has 2 aromatic rings. The van der Waals surface area contributed by atoms with Crippen LogP contribution < -0.4 is 0 Å². The van der Waals surface area contributed by atoms with Crippen molar-refractivity contribution in [2.24, 2.45) is 0 Å². The van der Waals surface area contributed by atoms with Crippen LogP contribution in [0, 0.1) is 0 Å². The van der Waals surface area contributed by atoms with E-state index < -0.39 is 0 Å². The molecule has 134 valence electrons. The molecule has 1 fully saturated rings. The third kappa shape index (κ3) is 3.19. The van der Waals surface area contributed by atoms with Crippen molar-refractivity contribution in [3.05, 3.63) is 35.0 Å². The molecule has 2 aliphatic heterocycles. The molecule has 1 N–H and O–H groups in total. The molecule has 4 heterocycles. The van der Waals surface area contributed by atoms with Gasteiger partial charge in [-0.1, -0.05) is 5.16 Å². The summed E-state index contributed by atoms with van der Waals surface area (Å²) in [5.74, 6) is 0.863. The van der Waals surface area contributed by atoms with Crippen LogP contribution in [0.25, 0.3) is 0 Å². The smallest absolute Gasteiger partial charge is 0.274 e. The predicted octanol–water partition coefficient (Wildman–Crippen LogP) is 1.38. The van der Waals surface area contributed by atoms with Crippen LogP contribution in [0.4, 0.5) is 0 Å². The van der Waals surface area contributed by atoms with Crippen molar-refractivity contribution in [1.29, 1.82) is 0 Å². The molecular weight excluding hydrogens is 322 g/mol. The Kier molecular flexibility index (Phi) is 4.30. The number of aromatic nitrogens is 3. The molecule has 0 aromatic carbocycles. The molecule has 4 rings (SSSR count). The zero-order valence-electron chi connectivity index (χ0n) is 14.6. The van der Waals surface area contributed by atoms with Gasteiger partial charge in [0.2, 0.25) is 0 Å². The number of carbonyl (C=O) groups excluding carboxylic acids is 1. The quantitative estimate of drug-likeness (QED) is 0.904. The molecular formula is C17H23N5O3. The molecule has 8 nitrogen and oxygen atoms in total. The van der Waals surface area contributed by atoms with Gasteiger partial charge in [-0.15, -0.1) is 0 Å². The number of aromatic amines is 1. The van der Waals surface area contributed by atoms with Crippen LogP contribution in [-0.4, -0.2) is 63.3 Å². The Hall–Kier alpha value is -2.19. The van der Waals surface area contributed by atoms with Crippen LogP contribution in [0.5, 0.6) is 0 Å². The summed E-state index contributed by atoms with van der Waals surface area (Å²) in [5, 5.41) is 11.0. The van der Waals surface area contributed by atoms with Crippen molar-refractivity contribution in [3.8, 4) is 0 Å². The predicted molar refractivity (Wildman–Crippen MR) is 88.9 cm³/mol.